The molecular weight excluding hydrogens is 722 g/mol. The van der Waals surface area contributed by atoms with Crippen molar-refractivity contribution in [1.82, 2.24) is 15.5 Å². The number of nitriles is 2. The Labute approximate surface area is 282 Å². The average Bonchev–Trinajstić information content (AvgIpc) is 3.08. The lowest BCUT2D eigenvalue weighted by Crippen LogP contribution is -2.49. The Morgan fingerprint density at radius 3 is 1.32 bits per heavy atom. The molecule has 2 aromatic rings. The lowest BCUT2D eigenvalue weighted by molar-refractivity contribution is -0.136. The minimum absolute atomic E-state index is 0.0155. The highest BCUT2D eigenvalue weighted by atomic mass is 32.2. The van der Waals surface area contributed by atoms with E-state index >= 15 is 0 Å². The van der Waals surface area contributed by atoms with Gasteiger partial charge < -0.3 is 25.0 Å². The van der Waals surface area contributed by atoms with Crippen LogP contribution in [0, 0.1) is 22.7 Å². The molecule has 2 amide bonds. The number of hydrogen-bond donors (Lipinski definition) is 2. The normalized spacial score (nSPS) is 12.7. The van der Waals surface area contributed by atoms with Crippen LogP contribution in [0.15, 0.2) is 58.8 Å². The Morgan fingerprint density at radius 1 is 0.720 bits per heavy atom. The van der Waals surface area contributed by atoms with E-state index in [-0.39, 0.29) is 24.2 Å². The van der Waals surface area contributed by atoms with Gasteiger partial charge in [0.05, 0.1) is 14.2 Å². The third kappa shape index (κ3) is 10.2. The molecule has 0 aliphatic heterocycles. The molecule has 0 heterocycles. The van der Waals surface area contributed by atoms with Crippen LogP contribution in [0.3, 0.4) is 0 Å². The van der Waals surface area contributed by atoms with Gasteiger partial charge in [-0.1, -0.05) is 10.3 Å². The van der Waals surface area contributed by atoms with Crippen LogP contribution in [0.25, 0.3) is 0 Å². The molecular formula is C27H27F4N7O10S2. The first-order valence-corrected chi connectivity index (χ1v) is 16.3. The van der Waals surface area contributed by atoms with Gasteiger partial charge in [-0.05, 0) is 55.6 Å². The van der Waals surface area contributed by atoms with Crippen LogP contribution >= 0.6 is 0 Å². The van der Waals surface area contributed by atoms with E-state index < -0.39 is 67.1 Å². The Balaban J connectivity index is 1.89. The molecule has 0 spiro atoms. The van der Waals surface area contributed by atoms with Crippen molar-refractivity contribution >= 4 is 43.5 Å². The molecule has 0 saturated heterocycles. The van der Waals surface area contributed by atoms with Gasteiger partial charge in [-0.2, -0.15) is 44.9 Å². The molecule has 0 bridgehead atoms. The highest BCUT2D eigenvalue weighted by molar-refractivity contribution is 7.88. The third-order valence-electron chi connectivity index (χ3n) is 6.11. The van der Waals surface area contributed by atoms with Gasteiger partial charge >= 0.3 is 42.6 Å². The van der Waals surface area contributed by atoms with E-state index in [0.29, 0.717) is 11.5 Å². The second-order valence-electron chi connectivity index (χ2n) is 9.47. The number of likely N-dealkylation sites (N-methyl/N-ethyl adjacent to an activating group) is 1. The Kier molecular flexibility index (Phi) is 14.0. The quantitative estimate of drug-likeness (QED) is 0.123. The van der Waals surface area contributed by atoms with Crippen LogP contribution in [0.5, 0.6) is 11.5 Å². The van der Waals surface area contributed by atoms with Crippen LogP contribution in [-0.4, -0.2) is 103 Å². The van der Waals surface area contributed by atoms with E-state index in [2.05, 4.69) is 18.9 Å². The minimum Gasteiger partial charge on any atom is -0.497 e. The molecule has 0 aromatic heterocycles. The number of benzene rings is 2. The molecule has 0 aliphatic carbocycles. The summed E-state index contributed by atoms with van der Waals surface area (Å²) < 4.78 is 123. The van der Waals surface area contributed by atoms with Crippen molar-refractivity contribution < 1.29 is 62.0 Å². The molecule has 270 valence electrons. The maximum Gasteiger partial charge on any atom is 0.459 e. The highest BCUT2D eigenvalue weighted by Gasteiger charge is 2.56. The van der Waals surface area contributed by atoms with Crippen molar-refractivity contribution in [3.05, 3.63) is 59.7 Å². The fraction of sp³-hybridized carbons (Fsp3) is 0.333. The number of nitrogens with zero attached hydrogens (tertiary/aromatic N) is 5. The summed E-state index contributed by atoms with van der Waals surface area (Å²) >= 11 is 0. The molecule has 23 heteroatoms. The summed E-state index contributed by atoms with van der Waals surface area (Å²) in [4.78, 5) is 25.1. The Hall–Kier alpha value is -5.52. The third-order valence-corrected chi connectivity index (χ3v) is 8.28. The standard InChI is InChI=1S/C27H27F4N7O10S2/c1-38(14-12-34-24(39)26(28,29)49(41,42)47-36-22(16-32)18-4-8-20(45-2)9-5-18)15-13-35-25(40)27(30,31)50(43,44)48-37-23(17-33)19-6-10-21(46-3)11-7-19/h4-11H,12-15H2,1-3H3,(H,34,39)(H,35,40). The van der Waals surface area contributed by atoms with Crippen LogP contribution in [0.2, 0.25) is 0 Å². The first-order chi connectivity index (χ1) is 23.4. The van der Waals surface area contributed by atoms with Crippen LogP contribution in [0.1, 0.15) is 11.1 Å². The monoisotopic (exact) mass is 749 g/mol. The summed E-state index contributed by atoms with van der Waals surface area (Å²) in [5.74, 6) is -3.92. The van der Waals surface area contributed by atoms with Crippen LogP contribution in [0.4, 0.5) is 17.6 Å². The number of halogens is 4. The zero-order valence-corrected chi connectivity index (χ0v) is 27.7. The van der Waals surface area contributed by atoms with Gasteiger partial charge in [-0.3, -0.25) is 18.2 Å². The molecule has 2 N–H and O–H groups in total. The number of rotatable bonds is 18. The Morgan fingerprint density at radius 2 is 1.04 bits per heavy atom. The highest BCUT2D eigenvalue weighted by Crippen LogP contribution is 2.26. The number of ether oxygens (including phenoxy) is 2. The number of carbonyl (C=O) groups excluding carboxylic acids is 2. The van der Waals surface area contributed by atoms with Crippen molar-refractivity contribution in [1.29, 1.82) is 10.5 Å². The number of alkyl halides is 4. The van der Waals surface area contributed by atoms with E-state index in [0.717, 1.165) is 0 Å². The molecule has 50 heavy (non-hydrogen) atoms. The molecule has 0 radical (unpaired) electrons. The van der Waals surface area contributed by atoms with Gasteiger partial charge in [0, 0.05) is 37.3 Å². The first kappa shape index (κ1) is 40.7. The lowest BCUT2D eigenvalue weighted by atomic mass is 10.1. The van der Waals surface area contributed by atoms with Crippen LogP contribution in [-0.2, 0) is 38.4 Å². The fourth-order valence-corrected chi connectivity index (χ4v) is 4.44. The second-order valence-corrected chi connectivity index (χ2v) is 12.6. The van der Waals surface area contributed by atoms with Gasteiger partial charge in [-0.25, -0.2) is 0 Å². The van der Waals surface area contributed by atoms with Crippen molar-refractivity contribution in [3.8, 4) is 23.6 Å². The van der Waals surface area contributed by atoms with Crippen molar-refractivity contribution in [3.63, 3.8) is 0 Å². The maximum absolute atomic E-state index is 14.4. The molecule has 0 saturated carbocycles. The number of oxime groups is 2. The lowest BCUT2D eigenvalue weighted by Gasteiger charge is -2.19. The van der Waals surface area contributed by atoms with E-state index in [1.54, 1.807) is 10.6 Å². The van der Waals surface area contributed by atoms with Gasteiger partial charge in [0.25, 0.3) is 0 Å². The maximum atomic E-state index is 14.4. The average molecular weight is 750 g/mol. The van der Waals surface area contributed by atoms with Crippen LogP contribution < -0.4 is 20.1 Å². The van der Waals surface area contributed by atoms with E-state index in [1.165, 1.54) is 86.8 Å². The smallest absolute Gasteiger partial charge is 0.459 e. The molecule has 2 rings (SSSR count). The summed E-state index contributed by atoms with van der Waals surface area (Å²) in [5, 5.41) is 17.1. The molecule has 17 nitrogen and oxygen atoms in total. The van der Waals surface area contributed by atoms with Gasteiger partial charge in [0.1, 0.15) is 23.6 Å². The summed E-state index contributed by atoms with van der Waals surface area (Å²) in [6, 6.07) is 13.5. The topological polar surface area (TPSA) is 239 Å². The molecule has 0 aliphatic rings. The van der Waals surface area contributed by atoms with Gasteiger partial charge in [0.2, 0.25) is 0 Å². The number of hydrogen-bond acceptors (Lipinski definition) is 15. The number of amides is 2. The van der Waals surface area contributed by atoms with E-state index in [1.807, 2.05) is 0 Å². The zero-order valence-electron chi connectivity index (χ0n) is 26.1. The fourth-order valence-electron chi connectivity index (χ4n) is 3.30. The second kappa shape index (κ2) is 17.2. The van der Waals surface area contributed by atoms with Gasteiger partial charge in [0.15, 0.2) is 11.4 Å². The Bertz CT molecular complexity index is 1760. The zero-order chi connectivity index (χ0) is 37.8. The number of carbonyl (C=O) groups is 2. The predicted molar refractivity (Wildman–Crippen MR) is 164 cm³/mol. The summed E-state index contributed by atoms with van der Waals surface area (Å²) in [6.07, 6.45) is 0. The first-order valence-electron chi connectivity index (χ1n) is 13.5. The SMILES string of the molecule is COc1ccc(C(C#N)=NOS(=O)(=O)C(F)(F)C(=O)NCCN(C)CCNC(=O)C(F)(F)S(=O)(=O)ON=C(C#N)c2ccc(OC)cc2)cc1. The largest absolute Gasteiger partial charge is 0.497 e. The summed E-state index contributed by atoms with van der Waals surface area (Å²) in [7, 11) is -8.10. The van der Waals surface area contributed by atoms with Crippen molar-refractivity contribution in [2.24, 2.45) is 10.3 Å². The van der Waals surface area contributed by atoms with Gasteiger partial charge in [-0.15, -0.1) is 0 Å². The molecule has 0 unspecified atom stereocenters. The predicted octanol–water partition coefficient (Wildman–Crippen LogP) is 0.902. The summed E-state index contributed by atoms with van der Waals surface area (Å²) in [6.45, 7) is -1.86. The van der Waals surface area contributed by atoms with E-state index in [9.17, 15) is 54.5 Å². The molecule has 0 atom stereocenters. The molecule has 0 fully saturated rings. The number of methoxy groups -OCH3 is 2. The summed E-state index contributed by atoms with van der Waals surface area (Å²) in [5.41, 5.74) is -1.46. The molecule has 2 aromatic carbocycles. The van der Waals surface area contributed by atoms with Crippen molar-refractivity contribution in [2.75, 3.05) is 47.4 Å². The van der Waals surface area contributed by atoms with E-state index in [4.69, 9.17) is 9.47 Å². The van der Waals surface area contributed by atoms with Crippen molar-refractivity contribution in [2.45, 2.75) is 10.5 Å². The minimum atomic E-state index is -6.04. The number of nitrogens with one attached hydrogen (secondary N) is 2.